The van der Waals surface area contributed by atoms with Gasteiger partial charge in [0.1, 0.15) is 48.4 Å². The van der Waals surface area contributed by atoms with E-state index >= 15 is 0 Å². The smallest absolute Gasteiger partial charge is 0.339 e. The highest BCUT2D eigenvalue weighted by Gasteiger charge is 2.34. The quantitative estimate of drug-likeness (QED) is 0.141. The maximum atomic E-state index is 14.0. The van der Waals surface area contributed by atoms with Crippen LogP contribution in [0.5, 0.6) is 11.5 Å². The predicted octanol–water partition coefficient (Wildman–Crippen LogP) is 4.23. The number of halogens is 1. The van der Waals surface area contributed by atoms with Gasteiger partial charge in [-0.1, -0.05) is 12.1 Å². The number of hydroxylamine groups is 3. The van der Waals surface area contributed by atoms with Crippen LogP contribution in [0.2, 0.25) is 0 Å². The number of likely N-dealkylation sites (N-methyl/N-ethyl adjacent to an activating group) is 2. The molecule has 12 nitrogen and oxygen atoms in total. The summed E-state index contributed by atoms with van der Waals surface area (Å²) in [6.45, 7) is 1.34. The average Bonchev–Trinajstić information content (AvgIpc) is 3.69. The highest BCUT2D eigenvalue weighted by molar-refractivity contribution is 6.01. The van der Waals surface area contributed by atoms with Gasteiger partial charge in [0.25, 0.3) is 5.91 Å². The highest BCUT2D eigenvalue weighted by Crippen LogP contribution is 2.27. The van der Waals surface area contributed by atoms with Gasteiger partial charge in [0.2, 0.25) is 0 Å². The number of amides is 1. The molecule has 1 amide bonds. The van der Waals surface area contributed by atoms with Gasteiger partial charge in [0, 0.05) is 31.3 Å². The molecule has 0 aliphatic carbocycles. The molecule has 0 saturated carbocycles. The fraction of sp³-hybridized carbons (Fsp3) is 0.212. The normalized spacial score (nSPS) is 16.1. The Bertz CT molecular complexity index is 1980. The summed E-state index contributed by atoms with van der Waals surface area (Å²) in [4.78, 5) is 37.0. The summed E-state index contributed by atoms with van der Waals surface area (Å²) in [6, 6.07) is 19.3. The zero-order valence-electron chi connectivity index (χ0n) is 25.3. The number of hydrogen-bond donors (Lipinski definition) is 2. The Hall–Kier alpha value is -5.37. The minimum absolute atomic E-state index is 0.0426. The topological polar surface area (TPSA) is 138 Å². The molecule has 1 saturated heterocycles. The summed E-state index contributed by atoms with van der Waals surface area (Å²) >= 11 is 0. The molecule has 0 bridgehead atoms. The van der Waals surface area contributed by atoms with Gasteiger partial charge >= 0.3 is 5.69 Å². The Kier molecular flexibility index (Phi) is 8.37. The summed E-state index contributed by atoms with van der Waals surface area (Å²) in [5, 5.41) is 10.8. The minimum Gasteiger partial charge on any atom is -0.457 e. The van der Waals surface area contributed by atoms with Gasteiger partial charge in [0.15, 0.2) is 11.5 Å². The number of benzene rings is 3. The van der Waals surface area contributed by atoms with Crippen molar-refractivity contribution in [1.29, 1.82) is 0 Å². The fourth-order valence-corrected chi connectivity index (χ4v) is 5.41. The third-order valence-electron chi connectivity index (χ3n) is 8.01. The Morgan fingerprint density at radius 3 is 2.63 bits per heavy atom. The molecule has 13 heteroatoms. The lowest BCUT2D eigenvalue weighted by molar-refractivity contribution is -1.10. The Morgan fingerprint density at radius 2 is 1.89 bits per heavy atom. The van der Waals surface area contributed by atoms with Gasteiger partial charge in [0.05, 0.1) is 25.0 Å². The monoisotopic (exact) mass is 626 g/mol. The number of anilines is 2. The second-order valence-electron chi connectivity index (χ2n) is 11.2. The number of carbonyl (C=O) groups is 1. The number of hydrogen-bond acceptors (Lipinski definition) is 8. The summed E-state index contributed by atoms with van der Waals surface area (Å²) < 4.78 is 27.3. The Morgan fingerprint density at radius 1 is 1.11 bits per heavy atom. The number of carbonyl (C=O) groups excluding carboxylic acids is 1. The average molecular weight is 627 g/mol. The van der Waals surface area contributed by atoms with Crippen molar-refractivity contribution in [3.8, 4) is 22.9 Å². The van der Waals surface area contributed by atoms with Crippen LogP contribution in [-0.2, 0) is 9.53 Å². The third kappa shape index (κ3) is 6.11. The van der Waals surface area contributed by atoms with E-state index in [-0.39, 0.29) is 34.6 Å². The number of rotatable bonds is 9. The van der Waals surface area contributed by atoms with Gasteiger partial charge < -0.3 is 20.1 Å². The molecule has 0 radical (unpaired) electrons. The maximum absolute atomic E-state index is 14.0. The summed E-state index contributed by atoms with van der Waals surface area (Å²) in [7, 11) is 3.32. The van der Waals surface area contributed by atoms with Crippen LogP contribution >= 0.6 is 0 Å². The van der Waals surface area contributed by atoms with E-state index in [0.717, 1.165) is 6.42 Å². The molecule has 1 fully saturated rings. The first-order valence-electron chi connectivity index (χ1n) is 14.6. The molecule has 5 aromatic rings. The van der Waals surface area contributed by atoms with Gasteiger partial charge in [-0.15, -0.1) is 0 Å². The van der Waals surface area contributed by atoms with Crippen LogP contribution in [0.4, 0.5) is 15.9 Å². The van der Waals surface area contributed by atoms with Crippen molar-refractivity contribution in [2.75, 3.05) is 44.5 Å². The van der Waals surface area contributed by atoms with E-state index in [1.807, 2.05) is 0 Å². The van der Waals surface area contributed by atoms with Crippen molar-refractivity contribution in [2.24, 2.45) is 0 Å². The van der Waals surface area contributed by atoms with Crippen LogP contribution in [0.1, 0.15) is 6.42 Å². The number of fused-ring (bicyclic) bond motifs is 1. The van der Waals surface area contributed by atoms with E-state index in [9.17, 15) is 19.2 Å². The maximum Gasteiger partial charge on any atom is 0.339 e. The Balaban J connectivity index is 1.29. The van der Waals surface area contributed by atoms with Crippen molar-refractivity contribution < 1.29 is 28.5 Å². The van der Waals surface area contributed by atoms with Crippen LogP contribution < -0.4 is 21.1 Å². The molecule has 46 heavy (non-hydrogen) atoms. The predicted molar refractivity (Wildman–Crippen MR) is 170 cm³/mol. The second kappa shape index (κ2) is 12.6. The summed E-state index contributed by atoms with van der Waals surface area (Å²) in [6.07, 6.45) is 5.10. The van der Waals surface area contributed by atoms with E-state index in [4.69, 9.17) is 15.2 Å². The number of aromatic nitrogens is 4. The lowest BCUT2D eigenvalue weighted by atomic mass is 10.2. The Labute approximate surface area is 263 Å². The van der Waals surface area contributed by atoms with Gasteiger partial charge in [-0.2, -0.15) is 4.65 Å². The first kappa shape index (κ1) is 30.6. The van der Waals surface area contributed by atoms with Crippen molar-refractivity contribution in [2.45, 2.75) is 12.5 Å². The first-order valence-corrected chi connectivity index (χ1v) is 14.6. The highest BCUT2D eigenvalue weighted by atomic mass is 19.1. The summed E-state index contributed by atoms with van der Waals surface area (Å²) in [5.41, 5.74) is 7.87. The molecule has 0 spiro atoms. The zero-order valence-corrected chi connectivity index (χ0v) is 25.3. The molecule has 1 aliphatic rings. The summed E-state index contributed by atoms with van der Waals surface area (Å²) in [5.74, 6) is 0.164. The molecule has 6 rings (SSSR count). The van der Waals surface area contributed by atoms with Crippen LogP contribution in [0, 0.1) is 5.82 Å². The fourth-order valence-electron chi connectivity index (χ4n) is 5.41. The largest absolute Gasteiger partial charge is 0.457 e. The van der Waals surface area contributed by atoms with E-state index in [1.54, 1.807) is 80.8 Å². The molecule has 2 atom stereocenters. The molecule has 1 unspecified atom stereocenters. The molecule has 1 aliphatic heterocycles. The number of nitrogens with two attached hydrogens (primary N) is 1. The van der Waals surface area contributed by atoms with Crippen molar-refractivity contribution in [1.82, 2.24) is 19.1 Å². The van der Waals surface area contributed by atoms with E-state index in [2.05, 4.69) is 9.97 Å². The zero-order chi connectivity index (χ0) is 32.4. The van der Waals surface area contributed by atoms with Gasteiger partial charge in [-0.25, -0.2) is 28.9 Å². The van der Waals surface area contributed by atoms with Crippen LogP contribution in [0.15, 0.2) is 96.1 Å². The minimum atomic E-state index is -0.456. The van der Waals surface area contributed by atoms with Crippen LogP contribution in [0.25, 0.3) is 22.5 Å². The molecule has 3 N–H and O–H groups in total. The van der Waals surface area contributed by atoms with Gasteiger partial charge in [-0.3, -0.25) is 9.36 Å². The lowest BCUT2D eigenvalue weighted by Gasteiger charge is -2.29. The van der Waals surface area contributed by atoms with E-state index < -0.39 is 11.5 Å². The lowest BCUT2D eigenvalue weighted by Crippen LogP contribution is -2.50. The molecule has 3 heterocycles. The number of nitrogens with zero attached hydrogens (tertiary/aromatic N) is 6. The van der Waals surface area contributed by atoms with Crippen LogP contribution in [-0.4, -0.2) is 74.8 Å². The van der Waals surface area contributed by atoms with Crippen molar-refractivity contribution in [3.05, 3.63) is 108 Å². The number of ether oxygens (including phenoxy) is 2. The van der Waals surface area contributed by atoms with Crippen LogP contribution in [0.3, 0.4) is 0 Å². The second-order valence-corrected chi connectivity index (χ2v) is 11.2. The molecular weight excluding hydrogens is 593 g/mol. The molecule has 236 valence electrons. The third-order valence-corrected chi connectivity index (χ3v) is 8.01. The van der Waals surface area contributed by atoms with E-state index in [0.29, 0.717) is 47.3 Å². The standard InChI is InChI=1S/C33H33FN7O5/c1-38(29(42)10-5-16-41(2,44)26-15-17-45-20-26)24-7-4-8-25(19-24)40-32-30(31(35)36-21-37-32)39(33(40)43)23-11-13-27(14-12-23)46-28-9-3-6-22(34)18-28/h3-14,18-19,21,26,44H,15-17,20H2,1-2H3,(H2,35,36,37)/q+1/b10-5+/t26?,41-/m1/s1. The van der Waals surface area contributed by atoms with E-state index in [1.165, 1.54) is 38.6 Å². The van der Waals surface area contributed by atoms with Crippen molar-refractivity contribution in [3.63, 3.8) is 0 Å². The van der Waals surface area contributed by atoms with Gasteiger partial charge in [-0.05, 0) is 60.7 Å². The number of nitrogen functional groups attached to an aromatic ring is 1. The van der Waals surface area contributed by atoms with Crippen molar-refractivity contribution >= 4 is 28.6 Å². The first-order chi connectivity index (χ1) is 22.1. The number of imidazole rings is 1. The molecule has 2 aromatic heterocycles. The molecular formula is C33H33FN7O5+. The molecule has 3 aromatic carbocycles. The number of quaternary nitrogens is 1. The SMILES string of the molecule is CN(C(=O)/C=C/C[N@@+](C)(O)C1CCOC1)c1cccc(-n2c(=O)n(-c3ccc(Oc4cccc(F)c4)cc3)c3c(N)ncnc32)c1.